The summed E-state index contributed by atoms with van der Waals surface area (Å²) in [5.74, 6) is -1.74. The van der Waals surface area contributed by atoms with Gasteiger partial charge in [0.05, 0.1) is 45.5 Å². The predicted molar refractivity (Wildman–Crippen MR) is 128 cm³/mol. The first kappa shape index (κ1) is 24.8. The fourth-order valence-corrected chi connectivity index (χ4v) is 4.01. The van der Waals surface area contributed by atoms with E-state index in [0.717, 1.165) is 5.56 Å². The Morgan fingerprint density at radius 3 is 2.33 bits per heavy atom. The van der Waals surface area contributed by atoms with Crippen molar-refractivity contribution in [3.63, 3.8) is 0 Å². The fourth-order valence-electron chi connectivity index (χ4n) is 3.69. The van der Waals surface area contributed by atoms with E-state index in [9.17, 15) is 9.59 Å². The fraction of sp³-hybridized carbons (Fsp3) is 0.320. The lowest BCUT2D eigenvalue weighted by molar-refractivity contribution is -0.143. The lowest BCUT2D eigenvalue weighted by Crippen LogP contribution is -2.33. The molecule has 2 heterocycles. The van der Waals surface area contributed by atoms with Gasteiger partial charge in [0.25, 0.3) is 0 Å². The number of halogens is 2. The summed E-state index contributed by atoms with van der Waals surface area (Å²) in [7, 11) is 0. The van der Waals surface area contributed by atoms with E-state index in [0.29, 0.717) is 44.7 Å². The van der Waals surface area contributed by atoms with Crippen molar-refractivity contribution < 1.29 is 19.1 Å². The van der Waals surface area contributed by atoms with E-state index in [-0.39, 0.29) is 12.7 Å². The van der Waals surface area contributed by atoms with E-state index in [4.69, 9.17) is 32.7 Å². The number of pyridine rings is 1. The maximum Gasteiger partial charge on any atom is 0.337 e. The molecule has 1 aromatic heterocycles. The molecular formula is C25H26Cl2N2O4. The summed E-state index contributed by atoms with van der Waals surface area (Å²) in [4.78, 5) is 30.6. The number of ether oxygens (including phenoxy) is 2. The molecule has 1 atom stereocenters. The van der Waals surface area contributed by atoms with Crippen LogP contribution in [0.3, 0.4) is 0 Å². The van der Waals surface area contributed by atoms with Crippen molar-refractivity contribution >= 4 is 35.1 Å². The molecule has 1 N–H and O–H groups in total. The summed E-state index contributed by atoms with van der Waals surface area (Å²) in [6.07, 6.45) is 1.78. The van der Waals surface area contributed by atoms with Crippen LogP contribution in [-0.4, -0.2) is 29.6 Å². The van der Waals surface area contributed by atoms with Gasteiger partial charge in [-0.25, -0.2) is 9.59 Å². The summed E-state index contributed by atoms with van der Waals surface area (Å²) < 4.78 is 11.1. The molecule has 0 spiro atoms. The van der Waals surface area contributed by atoms with Gasteiger partial charge in [-0.3, -0.25) is 4.98 Å². The number of esters is 2. The standard InChI is InChI=1S/C25H26Cl2N2O4/c1-14(2)33-25(31)22-16(4)29-15(3)21(23(22)20-7-5-6-11-28-20)24(30)32-12-10-17-8-9-18(26)19(27)13-17/h5-9,11,13-14,23,29H,10,12H2,1-4H3. The zero-order chi connectivity index (χ0) is 24.1. The van der Waals surface area contributed by atoms with Gasteiger partial charge in [-0.05, 0) is 57.5 Å². The van der Waals surface area contributed by atoms with Crippen LogP contribution in [0.2, 0.25) is 10.0 Å². The number of carbonyl (C=O) groups is 2. The van der Waals surface area contributed by atoms with Gasteiger partial charge in [0, 0.05) is 24.0 Å². The highest BCUT2D eigenvalue weighted by Crippen LogP contribution is 2.38. The Balaban J connectivity index is 1.87. The monoisotopic (exact) mass is 488 g/mol. The minimum atomic E-state index is -0.712. The third-order valence-electron chi connectivity index (χ3n) is 5.13. The van der Waals surface area contributed by atoms with Crippen LogP contribution in [0.4, 0.5) is 0 Å². The Kier molecular flexibility index (Phi) is 8.16. The molecular weight excluding hydrogens is 463 g/mol. The molecule has 174 valence electrons. The second-order valence-electron chi connectivity index (χ2n) is 7.98. The molecule has 1 unspecified atom stereocenters. The van der Waals surface area contributed by atoms with E-state index in [1.165, 1.54) is 0 Å². The lowest BCUT2D eigenvalue weighted by Gasteiger charge is -2.30. The summed E-state index contributed by atoms with van der Waals surface area (Å²) in [6.45, 7) is 7.25. The highest BCUT2D eigenvalue weighted by Gasteiger charge is 2.39. The molecule has 0 radical (unpaired) electrons. The Hall–Kier alpha value is -2.83. The summed E-state index contributed by atoms with van der Waals surface area (Å²) in [5, 5.41) is 4.04. The third-order valence-corrected chi connectivity index (χ3v) is 5.87. The van der Waals surface area contributed by atoms with Gasteiger partial charge in [0.15, 0.2) is 0 Å². The van der Waals surface area contributed by atoms with E-state index >= 15 is 0 Å². The Morgan fingerprint density at radius 2 is 1.73 bits per heavy atom. The molecule has 6 nitrogen and oxygen atoms in total. The third kappa shape index (κ3) is 5.95. The molecule has 3 rings (SSSR count). The average molecular weight is 489 g/mol. The molecule has 0 saturated carbocycles. The van der Waals surface area contributed by atoms with Gasteiger partial charge < -0.3 is 14.8 Å². The molecule has 0 aliphatic carbocycles. The Bertz CT molecular complexity index is 1110. The Morgan fingerprint density at radius 1 is 1.03 bits per heavy atom. The van der Waals surface area contributed by atoms with Crippen molar-refractivity contribution in [1.82, 2.24) is 10.3 Å². The summed E-state index contributed by atoms with van der Waals surface area (Å²) in [5.41, 5.74) is 3.33. The first-order chi connectivity index (χ1) is 15.7. The van der Waals surface area contributed by atoms with E-state index in [1.807, 2.05) is 12.1 Å². The number of hydrogen-bond donors (Lipinski definition) is 1. The lowest BCUT2D eigenvalue weighted by atomic mass is 9.82. The predicted octanol–water partition coefficient (Wildman–Crippen LogP) is 5.36. The van der Waals surface area contributed by atoms with Crippen molar-refractivity contribution in [2.45, 2.75) is 46.1 Å². The minimum absolute atomic E-state index is 0.136. The average Bonchev–Trinajstić information content (AvgIpc) is 2.75. The molecule has 1 aliphatic heterocycles. The molecule has 33 heavy (non-hydrogen) atoms. The number of carbonyl (C=O) groups excluding carboxylic acids is 2. The van der Waals surface area contributed by atoms with Crippen molar-refractivity contribution in [3.05, 3.63) is 86.4 Å². The molecule has 8 heteroatoms. The number of dihydropyridines is 1. The van der Waals surface area contributed by atoms with Crippen LogP contribution in [0, 0.1) is 0 Å². The van der Waals surface area contributed by atoms with E-state index < -0.39 is 17.9 Å². The van der Waals surface area contributed by atoms with Gasteiger partial charge in [-0.1, -0.05) is 35.3 Å². The molecule has 0 bridgehead atoms. The van der Waals surface area contributed by atoms with Crippen LogP contribution in [0.15, 0.2) is 65.1 Å². The Labute approximate surface area is 203 Å². The topological polar surface area (TPSA) is 77.5 Å². The molecule has 0 fully saturated rings. The second-order valence-corrected chi connectivity index (χ2v) is 8.79. The minimum Gasteiger partial charge on any atom is -0.462 e. The van der Waals surface area contributed by atoms with Gasteiger partial charge in [0.2, 0.25) is 0 Å². The number of nitrogens with one attached hydrogen (secondary N) is 1. The van der Waals surface area contributed by atoms with Crippen LogP contribution in [0.25, 0.3) is 0 Å². The van der Waals surface area contributed by atoms with Crippen molar-refractivity contribution in [3.8, 4) is 0 Å². The van der Waals surface area contributed by atoms with Crippen molar-refractivity contribution in [2.24, 2.45) is 0 Å². The van der Waals surface area contributed by atoms with E-state index in [2.05, 4.69) is 10.3 Å². The smallest absolute Gasteiger partial charge is 0.337 e. The van der Waals surface area contributed by atoms with Crippen LogP contribution in [-0.2, 0) is 25.5 Å². The summed E-state index contributed by atoms with van der Waals surface area (Å²) >= 11 is 12.0. The first-order valence-corrected chi connectivity index (χ1v) is 11.4. The SMILES string of the molecule is CC1=C(C(=O)OCCc2ccc(Cl)c(Cl)c2)C(c2ccccn2)C(C(=O)OC(C)C)=C(C)N1. The van der Waals surface area contributed by atoms with Crippen molar-refractivity contribution in [2.75, 3.05) is 6.61 Å². The maximum absolute atomic E-state index is 13.2. The van der Waals surface area contributed by atoms with E-state index in [1.54, 1.807) is 58.2 Å². The number of allylic oxidation sites excluding steroid dienone is 2. The van der Waals surface area contributed by atoms with Crippen molar-refractivity contribution in [1.29, 1.82) is 0 Å². The molecule has 2 aromatic rings. The van der Waals surface area contributed by atoms with Gasteiger partial charge in [-0.2, -0.15) is 0 Å². The van der Waals surface area contributed by atoms with Gasteiger partial charge >= 0.3 is 11.9 Å². The number of hydrogen-bond acceptors (Lipinski definition) is 6. The van der Waals surface area contributed by atoms with Gasteiger partial charge in [0.1, 0.15) is 0 Å². The maximum atomic E-state index is 13.2. The van der Waals surface area contributed by atoms with Crippen LogP contribution < -0.4 is 5.32 Å². The largest absolute Gasteiger partial charge is 0.462 e. The van der Waals surface area contributed by atoms with Crippen LogP contribution >= 0.6 is 23.2 Å². The molecule has 0 amide bonds. The normalized spacial score (nSPS) is 16.0. The number of nitrogens with zero attached hydrogens (tertiary/aromatic N) is 1. The molecule has 1 aromatic carbocycles. The molecule has 0 saturated heterocycles. The molecule has 1 aliphatic rings. The zero-order valence-corrected chi connectivity index (χ0v) is 20.5. The highest BCUT2D eigenvalue weighted by molar-refractivity contribution is 6.42. The number of aromatic nitrogens is 1. The van der Waals surface area contributed by atoms with Gasteiger partial charge in [-0.15, -0.1) is 0 Å². The quantitative estimate of drug-likeness (QED) is 0.528. The number of benzene rings is 1. The number of rotatable bonds is 7. The second kappa shape index (κ2) is 10.9. The first-order valence-electron chi connectivity index (χ1n) is 10.6. The van der Waals surface area contributed by atoms with Crippen LogP contribution in [0.1, 0.15) is 44.9 Å². The summed E-state index contributed by atoms with van der Waals surface area (Å²) in [6, 6.07) is 10.6. The zero-order valence-electron chi connectivity index (χ0n) is 18.9. The highest BCUT2D eigenvalue weighted by atomic mass is 35.5. The van der Waals surface area contributed by atoms with Crippen LogP contribution in [0.5, 0.6) is 0 Å².